The lowest BCUT2D eigenvalue weighted by atomic mass is 10.0. The molecule has 2 amide bonds. The Morgan fingerprint density at radius 1 is 1.08 bits per heavy atom. The summed E-state index contributed by atoms with van der Waals surface area (Å²) in [7, 11) is 0. The molecule has 2 fully saturated rings. The molecule has 5 rings (SSSR count). The summed E-state index contributed by atoms with van der Waals surface area (Å²) in [6.45, 7) is 2.88. The fourth-order valence-electron chi connectivity index (χ4n) is 5.08. The van der Waals surface area contributed by atoms with Gasteiger partial charge in [0.2, 0.25) is 17.8 Å². The average Bonchev–Trinajstić information content (AvgIpc) is 3.63. The third-order valence-corrected chi connectivity index (χ3v) is 7.25. The Kier molecular flexibility index (Phi) is 7.17. The molecule has 1 aromatic carbocycles. The number of carbonyl (C=O) groups excluding carboxylic acids is 2. The molecule has 3 heterocycles. The Balaban J connectivity index is 1.35. The molecule has 1 aliphatic carbocycles. The number of benzene rings is 1. The maximum atomic E-state index is 14.8. The van der Waals surface area contributed by atoms with E-state index < -0.39 is 18.0 Å². The number of carbonyl (C=O) groups is 2. The standard InChI is InChI=1S/C29H31FN4O3/c1-2-33-18-19(10-15-25(33)35)17-26(36)34-16-6-9-24(34)29(37)32-27(21-7-4-3-5-8-21)23-14-13-22(20-11-12-20)28(30)31-23/h3-5,7-8,10,13-15,18,20,24,27H,2,6,9,11-12,16-17H2,1H3,(H,32,37)/t24-,27-/m0/s1. The van der Waals surface area contributed by atoms with Crippen molar-refractivity contribution < 1.29 is 14.0 Å². The monoisotopic (exact) mass is 502 g/mol. The van der Waals surface area contributed by atoms with Crippen molar-refractivity contribution in [1.29, 1.82) is 0 Å². The molecule has 0 unspecified atom stereocenters. The lowest BCUT2D eigenvalue weighted by molar-refractivity contribution is -0.138. The van der Waals surface area contributed by atoms with E-state index in [9.17, 15) is 18.8 Å². The van der Waals surface area contributed by atoms with Crippen LogP contribution in [0.3, 0.4) is 0 Å². The number of aromatic nitrogens is 2. The first-order valence-corrected chi connectivity index (χ1v) is 12.9. The number of amides is 2. The zero-order valence-electron chi connectivity index (χ0n) is 20.9. The fraction of sp³-hybridized carbons (Fsp3) is 0.379. The highest BCUT2D eigenvalue weighted by molar-refractivity contribution is 5.89. The predicted octanol–water partition coefficient (Wildman–Crippen LogP) is 3.72. The van der Waals surface area contributed by atoms with Crippen LogP contribution in [0.5, 0.6) is 0 Å². The zero-order valence-corrected chi connectivity index (χ0v) is 20.9. The predicted molar refractivity (Wildman–Crippen MR) is 137 cm³/mol. The molecule has 2 atom stereocenters. The molecule has 8 heteroatoms. The summed E-state index contributed by atoms with van der Waals surface area (Å²) in [5, 5.41) is 3.05. The van der Waals surface area contributed by atoms with Crippen molar-refractivity contribution in [2.45, 2.75) is 63.6 Å². The van der Waals surface area contributed by atoms with Gasteiger partial charge in [-0.3, -0.25) is 14.4 Å². The minimum Gasteiger partial charge on any atom is -0.342 e. The van der Waals surface area contributed by atoms with E-state index in [0.29, 0.717) is 30.8 Å². The molecule has 0 bridgehead atoms. The van der Waals surface area contributed by atoms with Crippen LogP contribution >= 0.6 is 0 Å². The van der Waals surface area contributed by atoms with Crippen LogP contribution in [0.2, 0.25) is 0 Å². The first-order valence-electron chi connectivity index (χ1n) is 12.9. The second-order valence-corrected chi connectivity index (χ2v) is 9.83. The molecule has 2 aliphatic rings. The van der Waals surface area contributed by atoms with Gasteiger partial charge < -0.3 is 14.8 Å². The average molecular weight is 503 g/mol. The highest BCUT2D eigenvalue weighted by atomic mass is 19.1. The first-order chi connectivity index (χ1) is 17.9. The van der Waals surface area contributed by atoms with Gasteiger partial charge in [0.15, 0.2) is 0 Å². The summed E-state index contributed by atoms with van der Waals surface area (Å²) in [6.07, 6.45) is 5.03. The van der Waals surface area contributed by atoms with Crippen molar-refractivity contribution in [2.24, 2.45) is 0 Å². The molecule has 37 heavy (non-hydrogen) atoms. The highest BCUT2D eigenvalue weighted by Crippen LogP contribution is 2.41. The van der Waals surface area contributed by atoms with Crippen molar-refractivity contribution >= 4 is 11.8 Å². The van der Waals surface area contributed by atoms with Gasteiger partial charge in [0.05, 0.1) is 18.2 Å². The largest absolute Gasteiger partial charge is 0.342 e. The van der Waals surface area contributed by atoms with Gasteiger partial charge in [-0.15, -0.1) is 0 Å². The molecular formula is C29H31FN4O3. The maximum Gasteiger partial charge on any atom is 0.250 e. The number of aryl methyl sites for hydroxylation is 1. The quantitative estimate of drug-likeness (QED) is 0.476. The molecule has 0 spiro atoms. The van der Waals surface area contributed by atoms with Gasteiger partial charge in [-0.05, 0) is 55.7 Å². The number of nitrogens with zero attached hydrogens (tertiary/aromatic N) is 3. The van der Waals surface area contributed by atoms with Gasteiger partial charge in [0, 0.05) is 30.9 Å². The van der Waals surface area contributed by atoms with E-state index in [4.69, 9.17) is 0 Å². The van der Waals surface area contributed by atoms with Gasteiger partial charge in [-0.2, -0.15) is 4.39 Å². The first kappa shape index (κ1) is 24.9. The van der Waals surface area contributed by atoms with E-state index in [2.05, 4.69) is 10.3 Å². The molecule has 1 N–H and O–H groups in total. The Labute approximate surface area is 215 Å². The second-order valence-electron chi connectivity index (χ2n) is 9.83. The normalized spacial score (nSPS) is 18.0. The number of hydrogen-bond donors (Lipinski definition) is 1. The Bertz CT molecular complexity index is 1350. The molecule has 1 aliphatic heterocycles. The highest BCUT2D eigenvalue weighted by Gasteiger charge is 2.36. The number of halogens is 1. The number of pyridine rings is 2. The van der Waals surface area contributed by atoms with E-state index in [0.717, 1.165) is 30.4 Å². The van der Waals surface area contributed by atoms with Crippen molar-refractivity contribution in [1.82, 2.24) is 19.8 Å². The summed E-state index contributed by atoms with van der Waals surface area (Å²) < 4.78 is 16.4. The van der Waals surface area contributed by atoms with Crippen LogP contribution in [-0.4, -0.2) is 38.9 Å². The zero-order chi connectivity index (χ0) is 25.9. The molecule has 2 aromatic heterocycles. The molecular weight excluding hydrogens is 471 g/mol. The van der Waals surface area contributed by atoms with Gasteiger partial charge >= 0.3 is 0 Å². The molecule has 7 nitrogen and oxygen atoms in total. The SMILES string of the molecule is CCn1cc(CC(=O)N2CCC[C@H]2C(=O)N[C@@H](c2ccccc2)c2ccc(C3CC3)c(F)n2)ccc1=O. The third-order valence-electron chi connectivity index (χ3n) is 7.25. The Morgan fingerprint density at radius 3 is 2.57 bits per heavy atom. The third kappa shape index (κ3) is 5.48. The summed E-state index contributed by atoms with van der Waals surface area (Å²) in [5.41, 5.74) is 2.47. The van der Waals surface area contributed by atoms with Crippen molar-refractivity contribution in [3.05, 3.63) is 99.5 Å². The van der Waals surface area contributed by atoms with E-state index in [1.165, 1.54) is 6.07 Å². The Morgan fingerprint density at radius 2 is 1.86 bits per heavy atom. The van der Waals surface area contributed by atoms with E-state index >= 15 is 0 Å². The number of rotatable bonds is 8. The van der Waals surface area contributed by atoms with E-state index in [1.54, 1.807) is 33.9 Å². The number of likely N-dealkylation sites (tertiary alicyclic amines) is 1. The fourth-order valence-corrected chi connectivity index (χ4v) is 5.08. The van der Waals surface area contributed by atoms with Crippen LogP contribution in [0, 0.1) is 5.95 Å². The van der Waals surface area contributed by atoms with Crippen LogP contribution in [0.25, 0.3) is 0 Å². The maximum absolute atomic E-state index is 14.8. The lowest BCUT2D eigenvalue weighted by Gasteiger charge is -2.27. The smallest absolute Gasteiger partial charge is 0.250 e. The number of hydrogen-bond acceptors (Lipinski definition) is 4. The van der Waals surface area contributed by atoms with E-state index in [1.807, 2.05) is 37.3 Å². The molecule has 192 valence electrons. The molecule has 1 saturated heterocycles. The van der Waals surface area contributed by atoms with Crippen LogP contribution in [0.15, 0.2) is 65.6 Å². The van der Waals surface area contributed by atoms with Crippen LogP contribution in [-0.2, 0) is 22.6 Å². The van der Waals surface area contributed by atoms with Crippen LogP contribution < -0.4 is 10.9 Å². The van der Waals surface area contributed by atoms with Crippen molar-refractivity contribution in [3.63, 3.8) is 0 Å². The summed E-state index contributed by atoms with van der Waals surface area (Å²) in [4.78, 5) is 44.4. The van der Waals surface area contributed by atoms with Gasteiger partial charge in [0.25, 0.3) is 5.56 Å². The minimum absolute atomic E-state index is 0.112. The van der Waals surface area contributed by atoms with Crippen molar-refractivity contribution in [2.75, 3.05) is 6.54 Å². The molecule has 0 radical (unpaired) electrons. The van der Waals surface area contributed by atoms with Gasteiger partial charge in [-0.1, -0.05) is 42.5 Å². The summed E-state index contributed by atoms with van der Waals surface area (Å²) >= 11 is 0. The molecule has 1 saturated carbocycles. The molecule has 3 aromatic rings. The topological polar surface area (TPSA) is 84.3 Å². The lowest BCUT2D eigenvalue weighted by Crippen LogP contribution is -2.47. The number of nitrogens with one attached hydrogen (secondary N) is 1. The van der Waals surface area contributed by atoms with Gasteiger partial charge in [0.1, 0.15) is 6.04 Å². The van der Waals surface area contributed by atoms with Crippen LogP contribution in [0.4, 0.5) is 4.39 Å². The summed E-state index contributed by atoms with van der Waals surface area (Å²) in [6, 6.07) is 14.8. The van der Waals surface area contributed by atoms with Crippen LogP contribution in [0.1, 0.15) is 67.0 Å². The van der Waals surface area contributed by atoms with E-state index in [-0.39, 0.29) is 29.7 Å². The second kappa shape index (κ2) is 10.7. The Hall–Kier alpha value is -3.81. The van der Waals surface area contributed by atoms with Gasteiger partial charge in [-0.25, -0.2) is 4.98 Å². The van der Waals surface area contributed by atoms with Crippen molar-refractivity contribution in [3.8, 4) is 0 Å². The summed E-state index contributed by atoms with van der Waals surface area (Å²) in [5.74, 6) is -0.692. The minimum atomic E-state index is -0.637.